The van der Waals surface area contributed by atoms with Gasteiger partial charge in [-0.3, -0.25) is 9.59 Å². The van der Waals surface area contributed by atoms with Gasteiger partial charge in [-0.25, -0.2) is 0 Å². The summed E-state index contributed by atoms with van der Waals surface area (Å²) in [4.78, 5) is 26.5. The molecule has 5 aliphatic rings. The van der Waals surface area contributed by atoms with E-state index in [1.807, 2.05) is 44.2 Å². The second-order valence-electron chi connectivity index (χ2n) is 24.4. The number of carbonyl (C=O) groups is 2. The molecule has 3 aromatic carbocycles. The SMILES string of the molecule is CCCC[C@H](O)[C@H](O)/C=C/C1=C(\C[C@H](O)CO)[C@H]2CC[C@@H](O)[C@@H]3N[C@@H](C)CC[C@H]([C@H]3CC(=O)O)[C@H](O)Cc3ccc(cc3CC3(C(=O)O)CCCCC3)C[C@@]([C@@](C)(O)Cc3ccc(O)cc3)(CC#Cc3c(CC)cccc3CC1)N2. The molecule has 8 rings (SSSR count). The van der Waals surface area contributed by atoms with Crippen LogP contribution in [-0.4, -0.2) is 129 Å². The number of allylic oxidation sites excluding steroid dienone is 2. The fraction of sp³-hybridized carbons (Fsp3) is 0.606. The maximum atomic E-state index is 13.8. The van der Waals surface area contributed by atoms with Gasteiger partial charge in [-0.05, 0) is 172 Å². The zero-order valence-corrected chi connectivity index (χ0v) is 47.8. The minimum atomic E-state index is -1.72. The number of phenolic OH excluding ortho intramolecular Hbond substituents is 1. The Morgan fingerprint density at radius 2 is 1.65 bits per heavy atom. The fourth-order valence-electron chi connectivity index (χ4n) is 13.8. The summed E-state index contributed by atoms with van der Waals surface area (Å²) in [6.07, 6.45) is 5.82. The second-order valence-corrected chi connectivity index (χ2v) is 24.4. The number of aliphatic carboxylic acids is 2. The van der Waals surface area contributed by atoms with Crippen molar-refractivity contribution in [3.8, 4) is 17.6 Å². The molecule has 2 fully saturated rings. The van der Waals surface area contributed by atoms with Gasteiger partial charge in [0.05, 0.1) is 60.1 Å². The number of nitrogens with one attached hydrogen (secondary N) is 2. The molecule has 4 aliphatic heterocycles. The highest BCUT2D eigenvalue weighted by Crippen LogP contribution is 2.44. The summed E-state index contributed by atoms with van der Waals surface area (Å²) in [7, 11) is 0. The Labute approximate surface area is 474 Å². The maximum Gasteiger partial charge on any atom is 0.309 e. The van der Waals surface area contributed by atoms with Crippen molar-refractivity contribution in [3.05, 3.63) is 123 Å². The normalized spacial score (nSPS) is 28.6. The fourth-order valence-corrected chi connectivity index (χ4v) is 13.8. The average molecular weight is 1110 g/mol. The summed E-state index contributed by atoms with van der Waals surface area (Å²) >= 11 is 0. The molecule has 80 heavy (non-hydrogen) atoms. The van der Waals surface area contributed by atoms with Crippen LogP contribution in [0.1, 0.15) is 169 Å². The topological polar surface area (TPSA) is 260 Å². The van der Waals surface area contributed by atoms with E-state index in [0.29, 0.717) is 74.5 Å². The van der Waals surface area contributed by atoms with Crippen LogP contribution in [0.25, 0.3) is 0 Å². The molecule has 3 aromatic rings. The van der Waals surface area contributed by atoms with E-state index in [-0.39, 0.29) is 69.6 Å². The van der Waals surface area contributed by atoms with Gasteiger partial charge in [0.1, 0.15) is 5.75 Å². The highest BCUT2D eigenvalue weighted by atomic mass is 16.4. The first-order chi connectivity index (χ1) is 38.2. The van der Waals surface area contributed by atoms with E-state index in [2.05, 4.69) is 35.5 Å². The van der Waals surface area contributed by atoms with E-state index >= 15 is 0 Å². The Morgan fingerprint density at radius 1 is 0.900 bits per heavy atom. The van der Waals surface area contributed by atoms with Gasteiger partial charge in [-0.2, -0.15) is 0 Å². The van der Waals surface area contributed by atoms with Gasteiger partial charge in [0.2, 0.25) is 0 Å². The van der Waals surface area contributed by atoms with Crippen LogP contribution in [0.15, 0.2) is 84.0 Å². The molecule has 4 heterocycles. The van der Waals surface area contributed by atoms with E-state index in [4.69, 9.17) is 0 Å². The molecule has 0 spiro atoms. The number of carboxylic acids is 2. The van der Waals surface area contributed by atoms with Crippen LogP contribution in [0.3, 0.4) is 0 Å². The number of carboxylic acid groups (broad SMARTS) is 2. The Kier molecular flexibility index (Phi) is 22.2. The molecule has 0 aromatic heterocycles. The largest absolute Gasteiger partial charge is 0.508 e. The van der Waals surface area contributed by atoms with Crippen LogP contribution in [0.5, 0.6) is 5.75 Å². The van der Waals surface area contributed by atoms with Crippen molar-refractivity contribution >= 4 is 11.9 Å². The quantitative estimate of drug-likeness (QED) is 0.0549. The van der Waals surface area contributed by atoms with Gasteiger partial charge in [0, 0.05) is 36.5 Å². The Hall–Kier alpha value is -4.92. The van der Waals surface area contributed by atoms with Crippen molar-refractivity contribution in [2.24, 2.45) is 17.3 Å². The number of hydrogen-bond donors (Lipinski definition) is 12. The molecule has 0 amide bonds. The highest BCUT2D eigenvalue weighted by Gasteiger charge is 2.50. The molecule has 14 nitrogen and oxygen atoms in total. The second kappa shape index (κ2) is 28.4. The first kappa shape index (κ1) is 62.7. The lowest BCUT2D eigenvalue weighted by molar-refractivity contribution is -0.151. The van der Waals surface area contributed by atoms with E-state index in [1.54, 1.807) is 43.3 Å². The number of phenols is 1. The van der Waals surface area contributed by atoms with E-state index < -0.39 is 89.5 Å². The number of rotatable bonds is 18. The molecule has 1 saturated carbocycles. The minimum Gasteiger partial charge on any atom is -0.508 e. The van der Waals surface area contributed by atoms with E-state index in [0.717, 1.165) is 59.1 Å². The Bertz CT molecular complexity index is 2670. The van der Waals surface area contributed by atoms with Crippen molar-refractivity contribution in [2.45, 2.75) is 229 Å². The minimum absolute atomic E-state index is 0.0386. The predicted molar refractivity (Wildman–Crippen MR) is 310 cm³/mol. The first-order valence-corrected chi connectivity index (χ1v) is 29.8. The molecular weight excluding hydrogens is 1010 g/mol. The van der Waals surface area contributed by atoms with Crippen LogP contribution in [0, 0.1) is 29.1 Å². The predicted octanol–water partition coefficient (Wildman–Crippen LogP) is 7.57. The zero-order valence-electron chi connectivity index (χ0n) is 47.8. The summed E-state index contributed by atoms with van der Waals surface area (Å²) in [5.74, 6) is 3.98. The number of benzene rings is 3. The molecule has 438 valence electrons. The van der Waals surface area contributed by atoms with Crippen molar-refractivity contribution in [2.75, 3.05) is 6.61 Å². The molecule has 14 heteroatoms. The number of aliphatic hydroxyl groups excluding tert-OH is 6. The van der Waals surface area contributed by atoms with E-state index in [9.17, 15) is 60.7 Å². The first-order valence-electron chi connectivity index (χ1n) is 29.8. The molecular formula is C66H92N2O12. The number of unbranched alkanes of at least 4 members (excludes halogenated alkanes) is 1. The Balaban J connectivity index is 1.57. The molecule has 12 atom stereocenters. The van der Waals surface area contributed by atoms with Crippen LogP contribution in [0.4, 0.5) is 0 Å². The van der Waals surface area contributed by atoms with Crippen molar-refractivity contribution in [1.82, 2.24) is 10.6 Å². The average Bonchev–Trinajstić information content (AvgIpc) is 3.60. The third kappa shape index (κ3) is 15.6. The number of aromatic hydroxyl groups is 1. The van der Waals surface area contributed by atoms with Gasteiger partial charge < -0.3 is 61.7 Å². The monoisotopic (exact) mass is 1100 g/mol. The number of aryl methyl sites for hydroxylation is 2. The summed E-state index contributed by atoms with van der Waals surface area (Å²) in [5.41, 5.74) is 2.90. The molecule has 1 saturated heterocycles. The van der Waals surface area contributed by atoms with Gasteiger partial charge >= 0.3 is 11.9 Å². The summed E-state index contributed by atoms with van der Waals surface area (Å²) in [6.45, 7) is 7.24. The molecule has 0 unspecified atom stereocenters. The smallest absolute Gasteiger partial charge is 0.309 e. The van der Waals surface area contributed by atoms with Gasteiger partial charge in [-0.15, -0.1) is 0 Å². The van der Waals surface area contributed by atoms with Crippen molar-refractivity contribution in [3.63, 3.8) is 0 Å². The zero-order chi connectivity index (χ0) is 57.8. The third-order valence-corrected chi connectivity index (χ3v) is 18.6. The van der Waals surface area contributed by atoms with Crippen molar-refractivity contribution < 1.29 is 60.7 Å². The van der Waals surface area contributed by atoms with Crippen LogP contribution in [0.2, 0.25) is 0 Å². The maximum absolute atomic E-state index is 13.8. The number of fused-ring (bicyclic) bond motifs is 6. The van der Waals surface area contributed by atoms with Crippen LogP contribution in [-0.2, 0) is 48.1 Å². The lowest BCUT2D eigenvalue weighted by Gasteiger charge is -2.49. The molecule has 1 aliphatic carbocycles. The molecule has 0 radical (unpaired) electrons. The lowest BCUT2D eigenvalue weighted by Crippen LogP contribution is -2.66. The summed E-state index contributed by atoms with van der Waals surface area (Å²) in [5, 5.41) is 124. The number of aliphatic hydroxyl groups is 7. The standard InChI is InChI=1S/C66H92N2O12/c1-5-7-16-57(72)58(73)29-24-47-23-22-46-14-11-13-45(6-2)52(46)15-12-33-66(64(4,80)38-43-19-25-50(70)26-20-43)39-44-18-21-48(49(34-44)40-65(63(78)79)31-9-8-10-32-65)35-60(75)53-27-17-42(3)67-62(55(53)37-61(76)77)59(74)30-28-56(68-66)54(47)36-51(71)41-69/h11,13-14,18-21,24-26,29,34,42,51,53,55-60,62,67-75,80H,5-10,16-17,22-23,27-28,30-33,35-41H2,1-4H3,(H,76,77)(H,78,79)/b29-24+,54-47+/t42-,51-,53+,55+,56+,57-,58+,59+,60+,62+,64-,66+/m0/s1. The van der Waals surface area contributed by atoms with Crippen molar-refractivity contribution in [1.29, 1.82) is 0 Å². The van der Waals surface area contributed by atoms with E-state index in [1.165, 1.54) is 0 Å². The Morgan fingerprint density at radius 3 is 2.34 bits per heavy atom. The summed E-state index contributed by atoms with van der Waals surface area (Å²) in [6, 6.07) is 16.9. The highest BCUT2D eigenvalue weighted by molar-refractivity contribution is 5.75. The molecule has 12 N–H and O–H groups in total. The van der Waals surface area contributed by atoms with Gasteiger partial charge in [0.25, 0.3) is 0 Å². The number of hydrogen-bond acceptors (Lipinski definition) is 12. The summed E-state index contributed by atoms with van der Waals surface area (Å²) < 4.78 is 0. The van der Waals surface area contributed by atoms with Crippen LogP contribution < -0.4 is 10.6 Å². The van der Waals surface area contributed by atoms with Gasteiger partial charge in [-0.1, -0.05) is 118 Å². The molecule has 6 bridgehead atoms. The van der Waals surface area contributed by atoms with Gasteiger partial charge in [0.15, 0.2) is 0 Å². The third-order valence-electron chi connectivity index (χ3n) is 18.6. The lowest BCUT2D eigenvalue weighted by atomic mass is 9.68. The van der Waals surface area contributed by atoms with Crippen LogP contribution >= 0.6 is 0 Å².